The second-order valence-corrected chi connectivity index (χ2v) is 8.17. The van der Waals surface area contributed by atoms with E-state index in [0.29, 0.717) is 16.5 Å². The zero-order chi connectivity index (χ0) is 23.9. The fourth-order valence-corrected chi connectivity index (χ4v) is 4.21. The van der Waals surface area contributed by atoms with Crippen molar-refractivity contribution in [3.8, 4) is 17.2 Å². The number of hydrogen-bond donors (Lipinski definition) is 1. The molecule has 1 unspecified atom stereocenters. The van der Waals surface area contributed by atoms with Gasteiger partial charge in [-0.25, -0.2) is 8.78 Å². The predicted octanol–water partition coefficient (Wildman–Crippen LogP) is 4.14. The van der Waals surface area contributed by atoms with Crippen molar-refractivity contribution >= 4 is 33.7 Å². The summed E-state index contributed by atoms with van der Waals surface area (Å²) in [5.41, 5.74) is 3.36. The van der Waals surface area contributed by atoms with Crippen LogP contribution in [0.4, 0.5) is 8.78 Å². The van der Waals surface area contributed by atoms with Crippen LogP contribution in [0, 0.1) is 11.3 Å². The highest BCUT2D eigenvalue weighted by Crippen LogP contribution is 2.32. The van der Waals surface area contributed by atoms with E-state index in [0.717, 1.165) is 27.0 Å². The molecule has 0 aliphatic carbocycles. The van der Waals surface area contributed by atoms with Crippen molar-refractivity contribution in [1.82, 2.24) is 15.2 Å². The summed E-state index contributed by atoms with van der Waals surface area (Å²) in [6.07, 6.45) is 2.40. The van der Waals surface area contributed by atoms with Crippen LogP contribution in [0.1, 0.15) is 16.8 Å². The lowest BCUT2D eigenvalue weighted by Gasteiger charge is -2.19. The van der Waals surface area contributed by atoms with Gasteiger partial charge in [0.1, 0.15) is 11.6 Å². The van der Waals surface area contributed by atoms with Gasteiger partial charge in [0.15, 0.2) is 0 Å². The van der Waals surface area contributed by atoms with Gasteiger partial charge >= 0.3 is 0 Å². The van der Waals surface area contributed by atoms with E-state index in [-0.39, 0.29) is 0 Å². The molecule has 9 heteroatoms. The molecule has 170 valence electrons. The van der Waals surface area contributed by atoms with Crippen molar-refractivity contribution < 1.29 is 22.8 Å². The molecule has 2 amide bonds. The third-order valence-corrected chi connectivity index (χ3v) is 5.92. The first kappa shape index (κ1) is 21.5. The molecule has 1 aliphatic rings. The molecule has 1 atom stereocenters. The van der Waals surface area contributed by atoms with Crippen LogP contribution in [0.5, 0.6) is 0 Å². The van der Waals surface area contributed by atoms with Crippen LogP contribution in [0.2, 0.25) is 0 Å². The minimum absolute atomic E-state index is 0.294. The Labute approximate surface area is 192 Å². The lowest BCUT2D eigenvalue weighted by molar-refractivity contribution is -0.131. The summed E-state index contributed by atoms with van der Waals surface area (Å²) >= 11 is 0. The maximum atomic E-state index is 13.6. The number of hydrogen-bond acceptors (Lipinski definition) is 5. The summed E-state index contributed by atoms with van der Waals surface area (Å²) < 4.78 is 32.7. The monoisotopic (exact) mass is 460 g/mol. The summed E-state index contributed by atoms with van der Waals surface area (Å²) in [4.78, 5) is 30.5. The van der Waals surface area contributed by atoms with E-state index in [1.807, 2.05) is 36.4 Å². The smallest absolute Gasteiger partial charge is 0.268 e. The number of benzene rings is 2. The van der Waals surface area contributed by atoms with Crippen molar-refractivity contribution in [2.45, 2.75) is 18.4 Å². The maximum absolute atomic E-state index is 13.6. The van der Waals surface area contributed by atoms with E-state index in [4.69, 9.17) is 9.68 Å². The molecule has 5 rings (SSSR count). The van der Waals surface area contributed by atoms with Crippen LogP contribution < -0.4 is 5.32 Å². The molecule has 7 nitrogen and oxygen atoms in total. The molecule has 0 radical (unpaired) electrons. The number of likely N-dealkylation sites (tertiary alicyclic amines) is 1. The molecular weight excluding hydrogens is 442 g/mol. The van der Waals surface area contributed by atoms with Crippen molar-refractivity contribution in [1.29, 1.82) is 5.26 Å². The van der Waals surface area contributed by atoms with E-state index < -0.39 is 43.3 Å². The highest BCUT2D eigenvalue weighted by atomic mass is 19.3. The molecular formula is C25H18F2N4O3. The Morgan fingerprint density at radius 2 is 1.97 bits per heavy atom. The molecule has 0 bridgehead atoms. The standard InChI is InChI=1S/C25H18F2N4O3/c26-25(27)11-18(12-28)31(14-25)23(32)13-30-24(33)19-5-7-29-21-4-3-16(9-20(19)21)17-2-1-15-6-8-34-22(15)10-17/h1-10,18H,11,13-14H2,(H,30,33). The van der Waals surface area contributed by atoms with Gasteiger partial charge in [-0.05, 0) is 41.5 Å². The first-order valence-electron chi connectivity index (χ1n) is 10.6. The lowest BCUT2D eigenvalue weighted by Crippen LogP contribution is -2.43. The maximum Gasteiger partial charge on any atom is 0.268 e. The fraction of sp³-hybridized carbons (Fsp3) is 0.200. The average molecular weight is 460 g/mol. The Morgan fingerprint density at radius 1 is 1.18 bits per heavy atom. The van der Waals surface area contributed by atoms with Crippen molar-refractivity contribution in [2.24, 2.45) is 0 Å². The molecule has 1 saturated heterocycles. The van der Waals surface area contributed by atoms with E-state index in [2.05, 4.69) is 10.3 Å². The Balaban J connectivity index is 1.38. The van der Waals surface area contributed by atoms with Crippen LogP contribution in [0.3, 0.4) is 0 Å². The average Bonchev–Trinajstić information content (AvgIpc) is 3.44. The summed E-state index contributed by atoms with van der Waals surface area (Å²) in [6.45, 7) is -1.33. The van der Waals surface area contributed by atoms with Crippen molar-refractivity contribution in [2.75, 3.05) is 13.1 Å². The number of amides is 2. The topological polar surface area (TPSA) is 99.2 Å². The number of aromatic nitrogens is 1. The van der Waals surface area contributed by atoms with E-state index >= 15 is 0 Å². The van der Waals surface area contributed by atoms with Crippen LogP contribution in [-0.2, 0) is 4.79 Å². The molecule has 1 N–H and O–H groups in total. The SMILES string of the molecule is N#CC1CC(F)(F)CN1C(=O)CNC(=O)c1ccnc2ccc(-c3ccc4ccoc4c3)cc12. The molecule has 4 aromatic rings. The van der Waals surface area contributed by atoms with Gasteiger partial charge in [-0.1, -0.05) is 18.2 Å². The summed E-state index contributed by atoms with van der Waals surface area (Å²) in [6, 6.07) is 15.2. The number of carbonyl (C=O) groups is 2. The number of fused-ring (bicyclic) bond motifs is 2. The van der Waals surface area contributed by atoms with Gasteiger partial charge in [0.25, 0.3) is 11.8 Å². The largest absolute Gasteiger partial charge is 0.464 e. The van der Waals surface area contributed by atoms with Gasteiger partial charge in [-0.15, -0.1) is 0 Å². The predicted molar refractivity (Wildman–Crippen MR) is 120 cm³/mol. The highest BCUT2D eigenvalue weighted by Gasteiger charge is 2.47. The summed E-state index contributed by atoms with van der Waals surface area (Å²) in [7, 11) is 0. The number of nitrogens with zero attached hydrogens (tertiary/aromatic N) is 3. The third-order valence-electron chi connectivity index (χ3n) is 5.92. The van der Waals surface area contributed by atoms with Gasteiger partial charge in [0.05, 0.1) is 36.5 Å². The number of alkyl halides is 2. The fourth-order valence-electron chi connectivity index (χ4n) is 4.21. The summed E-state index contributed by atoms with van der Waals surface area (Å²) in [5.74, 6) is -4.39. The van der Waals surface area contributed by atoms with Gasteiger partial charge in [-0.2, -0.15) is 5.26 Å². The molecule has 0 spiro atoms. The molecule has 2 aromatic carbocycles. The van der Waals surface area contributed by atoms with Gasteiger partial charge < -0.3 is 14.6 Å². The van der Waals surface area contributed by atoms with Crippen LogP contribution in [-0.4, -0.2) is 46.8 Å². The first-order chi connectivity index (χ1) is 16.3. The number of nitriles is 1. The van der Waals surface area contributed by atoms with Gasteiger partial charge in [-0.3, -0.25) is 14.6 Å². The van der Waals surface area contributed by atoms with Crippen LogP contribution in [0.15, 0.2) is 65.4 Å². The second-order valence-electron chi connectivity index (χ2n) is 8.17. The molecule has 1 fully saturated rings. The van der Waals surface area contributed by atoms with E-state index in [1.54, 1.807) is 18.4 Å². The number of furan rings is 1. The Hall–Kier alpha value is -4.32. The quantitative estimate of drug-likeness (QED) is 0.494. The van der Waals surface area contributed by atoms with Gasteiger partial charge in [0.2, 0.25) is 5.91 Å². The molecule has 3 heterocycles. The Morgan fingerprint density at radius 3 is 2.79 bits per heavy atom. The number of halogens is 2. The van der Waals surface area contributed by atoms with Crippen molar-refractivity contribution in [3.63, 3.8) is 0 Å². The number of pyridine rings is 1. The number of rotatable bonds is 4. The normalized spacial score (nSPS) is 17.1. The number of nitrogens with one attached hydrogen (secondary N) is 1. The van der Waals surface area contributed by atoms with Crippen LogP contribution >= 0.6 is 0 Å². The van der Waals surface area contributed by atoms with Gasteiger partial charge in [0, 0.05) is 23.4 Å². The second kappa shape index (κ2) is 8.23. The van der Waals surface area contributed by atoms with E-state index in [9.17, 15) is 18.4 Å². The number of carbonyl (C=O) groups excluding carboxylic acids is 2. The minimum atomic E-state index is -3.11. The van der Waals surface area contributed by atoms with Crippen molar-refractivity contribution in [3.05, 3.63) is 66.6 Å². The van der Waals surface area contributed by atoms with E-state index in [1.165, 1.54) is 12.3 Å². The highest BCUT2D eigenvalue weighted by molar-refractivity contribution is 6.07. The summed E-state index contributed by atoms with van der Waals surface area (Å²) in [5, 5.41) is 13.1. The Bertz CT molecular complexity index is 1470. The molecule has 34 heavy (non-hydrogen) atoms. The lowest BCUT2D eigenvalue weighted by atomic mass is 10.00. The molecule has 0 saturated carbocycles. The molecule has 1 aliphatic heterocycles. The van der Waals surface area contributed by atoms with Crippen LogP contribution in [0.25, 0.3) is 33.0 Å². The zero-order valence-corrected chi connectivity index (χ0v) is 17.8. The third kappa shape index (κ3) is 3.94. The zero-order valence-electron chi connectivity index (χ0n) is 17.8. The first-order valence-corrected chi connectivity index (χ1v) is 10.6. The minimum Gasteiger partial charge on any atom is -0.464 e. The Kier molecular flexibility index (Phi) is 5.21. The molecule has 2 aromatic heterocycles.